The van der Waals surface area contributed by atoms with Crippen molar-refractivity contribution in [3.05, 3.63) is 24.2 Å². The minimum atomic E-state index is 0.553. The molecule has 1 atom stereocenters. The lowest BCUT2D eigenvalue weighted by Gasteiger charge is -2.18. The normalized spacial score (nSPS) is 18.6. The zero-order valence-electron chi connectivity index (χ0n) is 10.7. The van der Waals surface area contributed by atoms with E-state index in [1.54, 1.807) is 6.26 Å². The highest BCUT2D eigenvalue weighted by molar-refractivity contribution is 7.99. The Bertz CT molecular complexity index is 293. The predicted molar refractivity (Wildman–Crippen MR) is 74.6 cm³/mol. The van der Waals surface area contributed by atoms with Crippen molar-refractivity contribution < 1.29 is 4.42 Å². The molecule has 1 aliphatic carbocycles. The molecule has 17 heavy (non-hydrogen) atoms. The molecular formula is C14H23NOS. The van der Waals surface area contributed by atoms with Gasteiger partial charge in [-0.15, -0.1) is 0 Å². The minimum absolute atomic E-state index is 0.553. The van der Waals surface area contributed by atoms with Crippen LogP contribution in [0.3, 0.4) is 0 Å². The van der Waals surface area contributed by atoms with Gasteiger partial charge in [-0.2, -0.15) is 11.8 Å². The summed E-state index contributed by atoms with van der Waals surface area (Å²) in [5, 5.41) is 4.47. The van der Waals surface area contributed by atoms with Gasteiger partial charge in [-0.1, -0.05) is 19.8 Å². The molecule has 1 aromatic heterocycles. The maximum atomic E-state index is 5.43. The van der Waals surface area contributed by atoms with Crippen LogP contribution in [0.4, 0.5) is 0 Å². The lowest BCUT2D eigenvalue weighted by atomic mass is 10.2. The monoisotopic (exact) mass is 253 g/mol. The van der Waals surface area contributed by atoms with E-state index in [1.165, 1.54) is 31.4 Å². The molecule has 1 heterocycles. The van der Waals surface area contributed by atoms with E-state index < -0.39 is 0 Å². The second-order valence-corrected chi connectivity index (χ2v) is 6.11. The molecule has 3 heteroatoms. The van der Waals surface area contributed by atoms with Crippen LogP contribution in [0.5, 0.6) is 0 Å². The van der Waals surface area contributed by atoms with E-state index in [9.17, 15) is 0 Å². The fourth-order valence-corrected chi connectivity index (χ4v) is 3.86. The van der Waals surface area contributed by atoms with Crippen LogP contribution in [0.15, 0.2) is 22.8 Å². The number of rotatable bonds is 7. The van der Waals surface area contributed by atoms with Gasteiger partial charge in [0.25, 0.3) is 0 Å². The van der Waals surface area contributed by atoms with Crippen LogP contribution < -0.4 is 5.32 Å². The largest absolute Gasteiger partial charge is 0.469 e. The zero-order chi connectivity index (χ0) is 11.9. The van der Waals surface area contributed by atoms with Crippen molar-refractivity contribution in [2.45, 2.75) is 50.3 Å². The highest BCUT2D eigenvalue weighted by atomic mass is 32.2. The lowest BCUT2D eigenvalue weighted by molar-refractivity contribution is 0.465. The van der Waals surface area contributed by atoms with Crippen LogP contribution in [-0.2, 0) is 6.42 Å². The summed E-state index contributed by atoms with van der Waals surface area (Å²) < 4.78 is 5.43. The Morgan fingerprint density at radius 3 is 2.94 bits per heavy atom. The molecule has 0 bridgehead atoms. The molecule has 1 fully saturated rings. The molecule has 0 radical (unpaired) electrons. The van der Waals surface area contributed by atoms with E-state index in [0.717, 1.165) is 24.0 Å². The van der Waals surface area contributed by atoms with Gasteiger partial charge in [-0.3, -0.25) is 0 Å². The third-order valence-corrected chi connectivity index (χ3v) is 4.89. The first-order valence-corrected chi connectivity index (χ1v) is 7.80. The van der Waals surface area contributed by atoms with Crippen molar-refractivity contribution in [3.63, 3.8) is 0 Å². The Morgan fingerprint density at radius 2 is 2.29 bits per heavy atom. The summed E-state index contributed by atoms with van der Waals surface area (Å²) in [6.45, 7) is 3.21. The number of hydrogen-bond acceptors (Lipinski definition) is 3. The highest BCUT2D eigenvalue weighted by Gasteiger charge is 2.18. The number of hydrogen-bond donors (Lipinski definition) is 1. The first kappa shape index (κ1) is 13.0. The minimum Gasteiger partial charge on any atom is -0.469 e. The molecular weight excluding hydrogens is 230 g/mol. The standard InChI is InChI=1S/C14H23NOS/c1-2-15-12(10-13-6-5-9-16-13)11-17-14-7-3-4-8-14/h5-6,9,12,14-15H,2-4,7-8,10-11H2,1H3. The number of thioether (sulfide) groups is 1. The van der Waals surface area contributed by atoms with Gasteiger partial charge in [0.1, 0.15) is 5.76 Å². The Kier molecular flexibility index (Phi) is 5.46. The summed E-state index contributed by atoms with van der Waals surface area (Å²) in [5.74, 6) is 2.31. The van der Waals surface area contributed by atoms with Crippen molar-refractivity contribution in [1.29, 1.82) is 0 Å². The van der Waals surface area contributed by atoms with Crippen molar-refractivity contribution in [1.82, 2.24) is 5.32 Å². The van der Waals surface area contributed by atoms with Crippen LogP contribution in [0.1, 0.15) is 38.4 Å². The Balaban J connectivity index is 1.75. The van der Waals surface area contributed by atoms with Crippen LogP contribution in [0, 0.1) is 0 Å². The summed E-state index contributed by atoms with van der Waals surface area (Å²) in [5.41, 5.74) is 0. The van der Waals surface area contributed by atoms with Gasteiger partial charge in [0, 0.05) is 23.5 Å². The number of furan rings is 1. The van der Waals surface area contributed by atoms with Crippen LogP contribution >= 0.6 is 11.8 Å². The van der Waals surface area contributed by atoms with Gasteiger partial charge in [0.15, 0.2) is 0 Å². The van der Waals surface area contributed by atoms with Crippen molar-refractivity contribution in [2.75, 3.05) is 12.3 Å². The molecule has 2 rings (SSSR count). The maximum Gasteiger partial charge on any atom is 0.105 e. The molecule has 1 unspecified atom stereocenters. The Labute approximate surface area is 109 Å². The van der Waals surface area contributed by atoms with Crippen LogP contribution in [0.2, 0.25) is 0 Å². The van der Waals surface area contributed by atoms with E-state index in [-0.39, 0.29) is 0 Å². The SMILES string of the molecule is CCNC(CSC1CCCC1)Cc1ccco1. The van der Waals surface area contributed by atoms with Crippen molar-refractivity contribution >= 4 is 11.8 Å². The molecule has 1 saturated carbocycles. The Hall–Kier alpha value is -0.410. The summed E-state index contributed by atoms with van der Waals surface area (Å²) in [6.07, 6.45) is 8.49. The summed E-state index contributed by atoms with van der Waals surface area (Å²) >= 11 is 2.15. The van der Waals surface area contributed by atoms with Gasteiger partial charge in [-0.05, 0) is 31.5 Å². The molecule has 0 spiro atoms. The van der Waals surface area contributed by atoms with E-state index in [4.69, 9.17) is 4.42 Å². The first-order chi connectivity index (χ1) is 8.38. The molecule has 0 amide bonds. The van der Waals surface area contributed by atoms with Gasteiger partial charge in [0.05, 0.1) is 6.26 Å². The highest BCUT2D eigenvalue weighted by Crippen LogP contribution is 2.30. The quantitative estimate of drug-likeness (QED) is 0.805. The average molecular weight is 253 g/mol. The molecule has 0 saturated heterocycles. The summed E-state index contributed by atoms with van der Waals surface area (Å²) in [6, 6.07) is 4.60. The molecule has 96 valence electrons. The van der Waals surface area contributed by atoms with E-state index >= 15 is 0 Å². The fourth-order valence-electron chi connectivity index (χ4n) is 2.46. The maximum absolute atomic E-state index is 5.43. The second-order valence-electron chi connectivity index (χ2n) is 4.78. The summed E-state index contributed by atoms with van der Waals surface area (Å²) in [7, 11) is 0. The van der Waals surface area contributed by atoms with Gasteiger partial charge in [-0.25, -0.2) is 0 Å². The zero-order valence-corrected chi connectivity index (χ0v) is 11.5. The third kappa shape index (κ3) is 4.40. The molecule has 1 aliphatic rings. The molecule has 2 nitrogen and oxygen atoms in total. The van der Waals surface area contributed by atoms with Crippen molar-refractivity contribution in [3.8, 4) is 0 Å². The fraction of sp³-hybridized carbons (Fsp3) is 0.714. The van der Waals surface area contributed by atoms with Crippen molar-refractivity contribution in [2.24, 2.45) is 0 Å². The smallest absolute Gasteiger partial charge is 0.105 e. The third-order valence-electron chi connectivity index (χ3n) is 3.36. The van der Waals surface area contributed by atoms with E-state index in [2.05, 4.69) is 30.1 Å². The molecule has 0 aromatic carbocycles. The van der Waals surface area contributed by atoms with E-state index in [1.807, 2.05) is 6.07 Å². The van der Waals surface area contributed by atoms with Gasteiger partial charge < -0.3 is 9.73 Å². The second kappa shape index (κ2) is 7.12. The predicted octanol–water partition coefficient (Wildman–Crippen LogP) is 3.48. The molecule has 0 aliphatic heterocycles. The van der Waals surface area contributed by atoms with Crippen LogP contribution in [0.25, 0.3) is 0 Å². The topological polar surface area (TPSA) is 25.2 Å². The first-order valence-electron chi connectivity index (χ1n) is 6.76. The average Bonchev–Trinajstić information content (AvgIpc) is 2.99. The van der Waals surface area contributed by atoms with E-state index in [0.29, 0.717) is 6.04 Å². The summed E-state index contributed by atoms with van der Waals surface area (Å²) in [4.78, 5) is 0. The van der Waals surface area contributed by atoms with Gasteiger partial charge in [0.2, 0.25) is 0 Å². The number of nitrogens with one attached hydrogen (secondary N) is 1. The molecule has 1 N–H and O–H groups in total. The lowest BCUT2D eigenvalue weighted by Crippen LogP contribution is -2.33. The number of likely N-dealkylation sites (N-methyl/N-ethyl adjacent to an activating group) is 1. The van der Waals surface area contributed by atoms with Crippen LogP contribution in [-0.4, -0.2) is 23.6 Å². The Morgan fingerprint density at radius 1 is 1.47 bits per heavy atom. The van der Waals surface area contributed by atoms with Gasteiger partial charge >= 0.3 is 0 Å². The molecule has 1 aromatic rings.